The van der Waals surface area contributed by atoms with Gasteiger partial charge in [0.2, 0.25) is 0 Å². The van der Waals surface area contributed by atoms with Gasteiger partial charge < -0.3 is 4.74 Å². The van der Waals surface area contributed by atoms with Crippen molar-refractivity contribution in [2.45, 2.75) is 32.6 Å². The van der Waals surface area contributed by atoms with E-state index < -0.39 is 0 Å². The van der Waals surface area contributed by atoms with Crippen LogP contribution in [0.5, 0.6) is 5.75 Å². The van der Waals surface area contributed by atoms with Crippen molar-refractivity contribution in [3.8, 4) is 5.75 Å². The van der Waals surface area contributed by atoms with E-state index in [-0.39, 0.29) is 5.91 Å². The first kappa shape index (κ1) is 17.0. The molecule has 0 atom stereocenters. The van der Waals surface area contributed by atoms with Gasteiger partial charge in [0.05, 0.1) is 12.0 Å². The molecule has 1 aromatic carbocycles. The van der Waals surface area contributed by atoms with E-state index in [2.05, 4.69) is 6.92 Å². The second-order valence-corrected chi connectivity index (χ2v) is 6.84. The lowest BCUT2D eigenvalue weighted by atomic mass is 10.2. The van der Waals surface area contributed by atoms with Gasteiger partial charge >= 0.3 is 0 Å². The topological polar surface area (TPSA) is 29.5 Å². The van der Waals surface area contributed by atoms with E-state index in [1.165, 1.54) is 24.6 Å². The van der Waals surface area contributed by atoms with Crippen LogP contribution in [0.3, 0.4) is 0 Å². The van der Waals surface area contributed by atoms with E-state index in [1.807, 2.05) is 30.3 Å². The number of carbonyl (C=O) groups is 1. The van der Waals surface area contributed by atoms with Gasteiger partial charge in [0.15, 0.2) is 0 Å². The van der Waals surface area contributed by atoms with Crippen molar-refractivity contribution < 1.29 is 9.53 Å². The van der Waals surface area contributed by atoms with Gasteiger partial charge in [-0.1, -0.05) is 62.3 Å². The smallest absolute Gasteiger partial charge is 0.266 e. The Morgan fingerprint density at radius 2 is 1.95 bits per heavy atom. The molecule has 1 aliphatic heterocycles. The maximum absolute atomic E-state index is 12.4. The number of hydrogen-bond acceptors (Lipinski definition) is 4. The van der Waals surface area contributed by atoms with Gasteiger partial charge in [0, 0.05) is 6.54 Å². The number of unbranched alkanes of at least 4 members (excludes halogenated alkanes) is 3. The highest BCUT2D eigenvalue weighted by Crippen LogP contribution is 2.33. The van der Waals surface area contributed by atoms with Crippen LogP contribution in [0.15, 0.2) is 29.2 Å². The third-order valence-electron chi connectivity index (χ3n) is 3.52. The van der Waals surface area contributed by atoms with Crippen LogP contribution < -0.4 is 4.74 Å². The fourth-order valence-corrected chi connectivity index (χ4v) is 3.55. The molecule has 118 valence electrons. The Kier molecular flexibility index (Phi) is 6.46. The van der Waals surface area contributed by atoms with E-state index in [0.717, 1.165) is 30.7 Å². The molecule has 1 amide bonds. The van der Waals surface area contributed by atoms with Crippen molar-refractivity contribution in [1.82, 2.24) is 4.90 Å². The van der Waals surface area contributed by atoms with Crippen LogP contribution in [0.2, 0.25) is 0 Å². The largest absolute Gasteiger partial charge is 0.497 e. The maximum Gasteiger partial charge on any atom is 0.266 e. The molecule has 2 rings (SSSR count). The van der Waals surface area contributed by atoms with Crippen LogP contribution in [0, 0.1) is 0 Å². The molecule has 0 N–H and O–H groups in total. The zero-order valence-corrected chi connectivity index (χ0v) is 14.6. The Morgan fingerprint density at radius 1 is 1.23 bits per heavy atom. The lowest BCUT2D eigenvalue weighted by Gasteiger charge is -2.13. The minimum atomic E-state index is 0.0299. The number of ether oxygens (including phenoxy) is 1. The van der Waals surface area contributed by atoms with Crippen molar-refractivity contribution in [2.75, 3.05) is 13.7 Å². The summed E-state index contributed by atoms with van der Waals surface area (Å²) in [6.07, 6.45) is 6.44. The normalized spacial score (nSPS) is 16.6. The molecular weight excluding hydrogens is 314 g/mol. The number of benzene rings is 1. The van der Waals surface area contributed by atoms with Gasteiger partial charge in [0.1, 0.15) is 10.1 Å². The summed E-state index contributed by atoms with van der Waals surface area (Å²) in [5, 5.41) is 0. The Hall–Kier alpha value is -1.33. The van der Waals surface area contributed by atoms with Crippen LogP contribution in [-0.2, 0) is 4.79 Å². The average Bonchev–Trinajstić information content (AvgIpc) is 2.79. The monoisotopic (exact) mass is 335 g/mol. The highest BCUT2D eigenvalue weighted by molar-refractivity contribution is 8.26. The number of hydrogen-bond donors (Lipinski definition) is 0. The van der Waals surface area contributed by atoms with Crippen molar-refractivity contribution in [2.24, 2.45) is 0 Å². The average molecular weight is 335 g/mol. The molecule has 1 aromatic rings. The van der Waals surface area contributed by atoms with E-state index in [1.54, 1.807) is 12.0 Å². The van der Waals surface area contributed by atoms with Crippen LogP contribution in [-0.4, -0.2) is 28.8 Å². The van der Waals surface area contributed by atoms with Crippen molar-refractivity contribution in [1.29, 1.82) is 0 Å². The Bertz CT molecular complexity index is 567. The zero-order valence-electron chi connectivity index (χ0n) is 13.0. The highest BCUT2D eigenvalue weighted by atomic mass is 32.2. The number of methoxy groups -OCH3 is 1. The van der Waals surface area contributed by atoms with Gasteiger partial charge in [0.25, 0.3) is 5.91 Å². The van der Waals surface area contributed by atoms with Crippen LogP contribution >= 0.6 is 24.0 Å². The highest BCUT2D eigenvalue weighted by Gasteiger charge is 2.31. The number of amides is 1. The molecule has 1 saturated heterocycles. The SMILES string of the molecule is CCCCCCN1C(=O)C(=Cc2ccc(OC)cc2)SC1=S. The van der Waals surface area contributed by atoms with Crippen LogP contribution in [0.1, 0.15) is 38.2 Å². The van der Waals surface area contributed by atoms with Gasteiger partial charge in [-0.25, -0.2) is 0 Å². The van der Waals surface area contributed by atoms with E-state index in [4.69, 9.17) is 17.0 Å². The summed E-state index contributed by atoms with van der Waals surface area (Å²) in [5.74, 6) is 0.836. The lowest BCUT2D eigenvalue weighted by Crippen LogP contribution is -2.28. The summed E-state index contributed by atoms with van der Waals surface area (Å²) in [6, 6.07) is 7.65. The van der Waals surface area contributed by atoms with Crippen LogP contribution in [0.4, 0.5) is 0 Å². The fraction of sp³-hybridized carbons (Fsp3) is 0.412. The van der Waals surface area contributed by atoms with Crippen LogP contribution in [0.25, 0.3) is 6.08 Å². The predicted molar refractivity (Wildman–Crippen MR) is 97.0 cm³/mol. The minimum absolute atomic E-state index is 0.0299. The summed E-state index contributed by atoms with van der Waals surface area (Å²) >= 11 is 6.72. The molecular formula is C17H21NO2S2. The van der Waals surface area contributed by atoms with E-state index in [9.17, 15) is 4.79 Å². The number of thiocarbonyl (C=S) groups is 1. The minimum Gasteiger partial charge on any atom is -0.497 e. The molecule has 1 heterocycles. The van der Waals surface area contributed by atoms with Crippen molar-refractivity contribution in [3.05, 3.63) is 34.7 Å². The van der Waals surface area contributed by atoms with E-state index >= 15 is 0 Å². The first-order valence-corrected chi connectivity index (χ1v) is 8.77. The number of rotatable bonds is 7. The molecule has 5 heteroatoms. The molecule has 0 unspecified atom stereocenters. The molecule has 0 bridgehead atoms. The molecule has 0 radical (unpaired) electrons. The second-order valence-electron chi connectivity index (χ2n) is 5.17. The molecule has 0 saturated carbocycles. The predicted octanol–water partition coefficient (Wildman–Crippen LogP) is 4.48. The summed E-state index contributed by atoms with van der Waals surface area (Å²) < 4.78 is 5.80. The molecule has 0 aromatic heterocycles. The zero-order chi connectivity index (χ0) is 15.9. The Labute approximate surface area is 141 Å². The molecule has 1 fully saturated rings. The standard InChI is InChI=1S/C17H21NO2S2/c1-3-4-5-6-11-18-16(19)15(22-17(18)21)12-13-7-9-14(20-2)10-8-13/h7-10,12H,3-6,11H2,1-2H3. The lowest BCUT2D eigenvalue weighted by molar-refractivity contribution is -0.122. The Balaban J connectivity index is 2.01. The quantitative estimate of drug-likeness (QED) is 0.417. The third kappa shape index (κ3) is 4.34. The first-order valence-electron chi connectivity index (χ1n) is 7.55. The van der Waals surface area contributed by atoms with Gasteiger partial charge in [-0.2, -0.15) is 0 Å². The van der Waals surface area contributed by atoms with Crippen molar-refractivity contribution in [3.63, 3.8) is 0 Å². The second kappa shape index (κ2) is 8.34. The van der Waals surface area contributed by atoms with Crippen molar-refractivity contribution >= 4 is 40.3 Å². The third-order valence-corrected chi connectivity index (χ3v) is 4.90. The molecule has 0 aliphatic carbocycles. The van der Waals surface area contributed by atoms with Gasteiger partial charge in [-0.15, -0.1) is 0 Å². The number of carbonyl (C=O) groups excluding carboxylic acids is 1. The number of nitrogens with zero attached hydrogens (tertiary/aromatic N) is 1. The molecule has 0 spiro atoms. The fourth-order valence-electron chi connectivity index (χ4n) is 2.24. The summed E-state index contributed by atoms with van der Waals surface area (Å²) in [4.78, 5) is 14.9. The maximum atomic E-state index is 12.4. The summed E-state index contributed by atoms with van der Waals surface area (Å²) in [7, 11) is 1.64. The Morgan fingerprint density at radius 3 is 2.59 bits per heavy atom. The van der Waals surface area contributed by atoms with E-state index in [0.29, 0.717) is 9.23 Å². The molecule has 22 heavy (non-hydrogen) atoms. The first-order chi connectivity index (χ1) is 10.7. The molecule has 1 aliphatic rings. The summed E-state index contributed by atoms with van der Waals surface area (Å²) in [6.45, 7) is 2.90. The summed E-state index contributed by atoms with van der Waals surface area (Å²) in [5.41, 5.74) is 0.979. The molecule has 3 nitrogen and oxygen atoms in total. The number of thioether (sulfide) groups is 1. The van der Waals surface area contributed by atoms with Gasteiger partial charge in [-0.3, -0.25) is 9.69 Å². The van der Waals surface area contributed by atoms with Gasteiger partial charge in [-0.05, 0) is 30.2 Å².